The molecule has 11 heteroatoms. The van der Waals surface area contributed by atoms with Crippen molar-refractivity contribution in [2.75, 3.05) is 0 Å². The van der Waals surface area contributed by atoms with Crippen LogP contribution in [0.15, 0.2) is 0 Å². The van der Waals surface area contributed by atoms with Crippen LogP contribution in [0.1, 0.15) is 27.7 Å². The molecule has 4 aliphatic heterocycles. The van der Waals surface area contributed by atoms with Crippen molar-refractivity contribution in [1.82, 2.24) is 0 Å². The average Bonchev–Trinajstić information content (AvgIpc) is 3.35. The van der Waals surface area contributed by atoms with Gasteiger partial charge in [-0.1, -0.05) is 20.8 Å². The lowest BCUT2D eigenvalue weighted by Crippen LogP contribution is -2.67. The van der Waals surface area contributed by atoms with E-state index >= 15 is 0 Å². The minimum absolute atomic E-state index is 0.792. The number of esters is 3. The van der Waals surface area contributed by atoms with E-state index in [0.717, 1.165) is 0 Å². The van der Waals surface area contributed by atoms with E-state index < -0.39 is 94.0 Å². The Morgan fingerprint density at radius 2 is 1.58 bits per heavy atom. The van der Waals surface area contributed by atoms with E-state index in [1.54, 1.807) is 20.8 Å². The minimum atomic E-state index is -2.40. The van der Waals surface area contributed by atoms with Crippen LogP contribution >= 0.6 is 0 Å². The Bertz CT molecular complexity index is 957. The topological polar surface area (TPSA) is 169 Å². The number of aliphatic hydroxyl groups is 4. The van der Waals surface area contributed by atoms with E-state index in [1.165, 1.54) is 6.92 Å². The summed E-state index contributed by atoms with van der Waals surface area (Å²) in [7, 11) is 0. The molecule has 11 nitrogen and oxygen atoms in total. The first-order valence-corrected chi connectivity index (χ1v) is 10.3. The van der Waals surface area contributed by atoms with Gasteiger partial charge in [-0.3, -0.25) is 4.79 Å². The van der Waals surface area contributed by atoms with Crippen molar-refractivity contribution in [2.45, 2.75) is 75.7 Å². The molecule has 2 spiro atoms. The molecule has 2 saturated carbocycles. The highest BCUT2D eigenvalue weighted by atomic mass is 16.8. The third-order valence-electron chi connectivity index (χ3n) is 8.95. The summed E-state index contributed by atoms with van der Waals surface area (Å²) < 4.78 is 22.2. The van der Waals surface area contributed by atoms with Crippen LogP contribution in [0.3, 0.4) is 0 Å². The Hall–Kier alpha value is -1.79. The van der Waals surface area contributed by atoms with Crippen LogP contribution in [-0.2, 0) is 33.3 Å². The largest absolute Gasteiger partial charge is 0.456 e. The average molecular weight is 440 g/mol. The molecule has 0 amide bonds. The van der Waals surface area contributed by atoms with E-state index in [0.29, 0.717) is 0 Å². The molecular weight excluding hydrogens is 416 g/mol. The van der Waals surface area contributed by atoms with Gasteiger partial charge < -0.3 is 39.4 Å². The lowest BCUT2D eigenvalue weighted by atomic mass is 9.51. The summed E-state index contributed by atoms with van der Waals surface area (Å²) in [6.07, 6.45) is -9.69. The fourth-order valence-corrected chi connectivity index (χ4v) is 8.27. The number of carbonyl (C=O) groups excluding carboxylic acids is 3. The molecule has 4 heterocycles. The van der Waals surface area contributed by atoms with Crippen LogP contribution in [0.2, 0.25) is 0 Å². The van der Waals surface area contributed by atoms with E-state index in [1.807, 2.05) is 0 Å². The molecule has 6 rings (SSSR count). The van der Waals surface area contributed by atoms with Gasteiger partial charge in [0, 0.05) is 5.92 Å². The van der Waals surface area contributed by atoms with Crippen molar-refractivity contribution >= 4 is 17.9 Å². The molecule has 6 fully saturated rings. The second-order valence-corrected chi connectivity index (χ2v) is 10.8. The third kappa shape index (κ3) is 1.43. The van der Waals surface area contributed by atoms with E-state index in [-0.39, 0.29) is 0 Å². The molecule has 31 heavy (non-hydrogen) atoms. The molecule has 12 atom stereocenters. The predicted molar refractivity (Wildman–Crippen MR) is 93.4 cm³/mol. The third-order valence-corrected chi connectivity index (χ3v) is 8.95. The second-order valence-electron chi connectivity index (χ2n) is 10.8. The molecular formula is C20H24O11. The smallest absolute Gasteiger partial charge is 0.343 e. The molecule has 0 unspecified atom stereocenters. The van der Waals surface area contributed by atoms with Gasteiger partial charge in [-0.15, -0.1) is 0 Å². The summed E-state index contributed by atoms with van der Waals surface area (Å²) >= 11 is 0. The Kier molecular flexibility index (Phi) is 3.15. The summed E-state index contributed by atoms with van der Waals surface area (Å²) in [6.45, 7) is 6.63. The number of hydrogen-bond acceptors (Lipinski definition) is 11. The Morgan fingerprint density at radius 3 is 2.19 bits per heavy atom. The SMILES string of the molecule is C[C@@H]1C(=O)O[C@H]2[C@H](O)[C@]34[C@@H]5OC(=O)[C@@]3(O[C@@H]3OC(=O)[C@H](O)[C@]34[C@H](C(C)(C)C)[C@H]5O)[C@@]12O. The van der Waals surface area contributed by atoms with Crippen molar-refractivity contribution in [3.63, 3.8) is 0 Å². The first-order chi connectivity index (χ1) is 14.3. The maximum absolute atomic E-state index is 13.4. The van der Waals surface area contributed by atoms with Crippen LogP contribution in [0.5, 0.6) is 0 Å². The van der Waals surface area contributed by atoms with Crippen molar-refractivity contribution < 1.29 is 53.8 Å². The van der Waals surface area contributed by atoms with Gasteiger partial charge in [0.15, 0.2) is 17.8 Å². The van der Waals surface area contributed by atoms with E-state index in [4.69, 9.17) is 18.9 Å². The van der Waals surface area contributed by atoms with Gasteiger partial charge in [-0.05, 0) is 12.3 Å². The normalized spacial score (nSPS) is 61.0. The zero-order chi connectivity index (χ0) is 22.7. The van der Waals surface area contributed by atoms with Gasteiger partial charge in [-0.2, -0.15) is 0 Å². The van der Waals surface area contributed by atoms with Gasteiger partial charge in [0.1, 0.15) is 12.2 Å². The number of aliphatic hydroxyl groups excluding tert-OH is 3. The molecule has 4 saturated heterocycles. The van der Waals surface area contributed by atoms with E-state index in [9.17, 15) is 34.8 Å². The Labute approximate surface area is 176 Å². The minimum Gasteiger partial charge on any atom is -0.456 e. The maximum atomic E-state index is 13.4. The fourth-order valence-electron chi connectivity index (χ4n) is 8.27. The van der Waals surface area contributed by atoms with Gasteiger partial charge in [0.25, 0.3) is 0 Å². The molecule has 0 aromatic heterocycles. The second kappa shape index (κ2) is 4.91. The van der Waals surface area contributed by atoms with Crippen LogP contribution in [0.25, 0.3) is 0 Å². The van der Waals surface area contributed by atoms with Gasteiger partial charge in [0.2, 0.25) is 11.9 Å². The summed E-state index contributed by atoms with van der Waals surface area (Å²) in [4.78, 5) is 38.3. The van der Waals surface area contributed by atoms with Crippen molar-refractivity contribution in [2.24, 2.45) is 28.1 Å². The lowest BCUT2D eigenvalue weighted by molar-refractivity contribution is -0.240. The van der Waals surface area contributed by atoms with Gasteiger partial charge in [0.05, 0.1) is 22.9 Å². The first-order valence-electron chi connectivity index (χ1n) is 10.3. The molecule has 0 radical (unpaired) electrons. The van der Waals surface area contributed by atoms with Gasteiger partial charge >= 0.3 is 17.9 Å². The summed E-state index contributed by atoms with van der Waals surface area (Å²) in [6, 6.07) is 0. The molecule has 2 aliphatic carbocycles. The summed E-state index contributed by atoms with van der Waals surface area (Å²) in [5, 5.41) is 46.1. The predicted octanol–water partition coefficient (Wildman–Crippen LogP) is -2.40. The highest BCUT2D eigenvalue weighted by Gasteiger charge is 3.05. The molecule has 0 aromatic rings. The van der Waals surface area contributed by atoms with Crippen molar-refractivity contribution in [3.05, 3.63) is 0 Å². The van der Waals surface area contributed by atoms with Crippen molar-refractivity contribution in [1.29, 1.82) is 0 Å². The van der Waals surface area contributed by atoms with Gasteiger partial charge in [-0.25, -0.2) is 9.59 Å². The number of fused-ring (bicyclic) bond motifs is 1. The molecule has 4 N–H and O–H groups in total. The molecule has 170 valence electrons. The number of rotatable bonds is 0. The molecule has 0 bridgehead atoms. The first kappa shape index (κ1) is 19.9. The summed E-state index contributed by atoms with van der Waals surface area (Å²) in [5.74, 6) is -5.22. The highest BCUT2D eigenvalue weighted by molar-refractivity contribution is 5.94. The zero-order valence-electron chi connectivity index (χ0n) is 17.3. The Morgan fingerprint density at radius 1 is 0.935 bits per heavy atom. The Balaban J connectivity index is 1.75. The molecule has 6 aliphatic rings. The van der Waals surface area contributed by atoms with E-state index in [2.05, 4.69) is 0 Å². The number of carbonyl (C=O) groups is 3. The zero-order valence-corrected chi connectivity index (χ0v) is 17.3. The van der Waals surface area contributed by atoms with Crippen LogP contribution in [0, 0.1) is 28.1 Å². The quantitative estimate of drug-likeness (QED) is 0.234. The monoisotopic (exact) mass is 440 g/mol. The highest BCUT2D eigenvalue weighted by Crippen LogP contribution is 2.84. The fraction of sp³-hybridized carbons (Fsp3) is 0.850. The molecule has 0 aromatic carbocycles. The lowest BCUT2D eigenvalue weighted by Gasteiger charge is -2.47. The number of hydrogen-bond donors (Lipinski definition) is 4. The van der Waals surface area contributed by atoms with Crippen LogP contribution in [-0.4, -0.2) is 86.3 Å². The summed E-state index contributed by atoms with van der Waals surface area (Å²) in [5.41, 5.74) is -9.40. The van der Waals surface area contributed by atoms with Crippen LogP contribution < -0.4 is 0 Å². The van der Waals surface area contributed by atoms with Crippen LogP contribution in [0.4, 0.5) is 0 Å². The standard InChI is InChI=1S/C20H24O11/c1-5-12(24)28-11-8(22)18-10-6(21)7(16(2,3)4)17(18)9(23)13(25)30-15(17)31-20(18,14(26)29-10)19(5,11)27/h5-11,15,21-23,27H,1-4H3/t5-,6-,7+,8+,9+,10-,11+,15+,17-,18-,19-,20+/m1/s1. The maximum Gasteiger partial charge on any atom is 0.343 e. The van der Waals surface area contributed by atoms with Crippen molar-refractivity contribution in [3.8, 4) is 0 Å². The number of ether oxygens (including phenoxy) is 4.